The van der Waals surface area contributed by atoms with E-state index in [1.54, 1.807) is 6.07 Å². The van der Waals surface area contributed by atoms with E-state index in [0.29, 0.717) is 3.57 Å². The minimum absolute atomic E-state index is 0.00259. The minimum Gasteiger partial charge on any atom is -0.488 e. The van der Waals surface area contributed by atoms with Crippen LogP contribution in [0.4, 0.5) is 20.2 Å². The largest absolute Gasteiger partial charge is 0.488 e. The quantitative estimate of drug-likeness (QED) is 0.515. The number of nitrogens with one attached hydrogen (secondary N) is 2. The lowest BCUT2D eigenvalue weighted by molar-refractivity contribution is 0.0979. The predicted molar refractivity (Wildman–Crippen MR) is 117 cm³/mol. The van der Waals surface area contributed by atoms with Crippen molar-refractivity contribution in [3.05, 3.63) is 51.1 Å². The molecule has 0 spiro atoms. The summed E-state index contributed by atoms with van der Waals surface area (Å²) < 4.78 is 35.2. The second-order valence-electron chi connectivity index (χ2n) is 7.09. The molecule has 0 bridgehead atoms. The predicted octanol–water partition coefficient (Wildman–Crippen LogP) is 3.08. The topological polar surface area (TPSA) is 79.6 Å². The van der Waals surface area contributed by atoms with Crippen LogP contribution in [-0.2, 0) is 0 Å². The van der Waals surface area contributed by atoms with Crippen molar-refractivity contribution < 1.29 is 18.3 Å². The number of benzene rings is 2. The van der Waals surface area contributed by atoms with Gasteiger partial charge in [0.2, 0.25) is 0 Å². The van der Waals surface area contributed by atoms with Gasteiger partial charge in [0.1, 0.15) is 29.1 Å². The van der Waals surface area contributed by atoms with E-state index in [-0.39, 0.29) is 34.8 Å². The fourth-order valence-electron chi connectivity index (χ4n) is 3.29. The molecule has 2 aromatic carbocycles. The molecule has 156 valence electrons. The molecule has 1 saturated heterocycles. The summed E-state index contributed by atoms with van der Waals surface area (Å²) in [5, 5.41) is 6.12. The average Bonchev–Trinajstić information content (AvgIpc) is 2.63. The van der Waals surface area contributed by atoms with Crippen molar-refractivity contribution in [3.8, 4) is 5.75 Å². The fourth-order valence-corrected chi connectivity index (χ4v) is 3.75. The van der Waals surface area contributed by atoms with Crippen molar-refractivity contribution in [2.24, 2.45) is 5.73 Å². The average molecular weight is 516 g/mol. The summed E-state index contributed by atoms with van der Waals surface area (Å²) in [4.78, 5) is 14.3. The zero-order chi connectivity index (χ0) is 21.1. The van der Waals surface area contributed by atoms with Crippen LogP contribution in [0.15, 0.2) is 30.3 Å². The van der Waals surface area contributed by atoms with Crippen LogP contribution in [0.5, 0.6) is 5.75 Å². The number of amides is 1. The lowest BCUT2D eigenvalue weighted by Crippen LogP contribution is -2.55. The lowest BCUT2D eigenvalue weighted by Gasteiger charge is -2.34. The summed E-state index contributed by atoms with van der Waals surface area (Å²) in [5.74, 6) is -1.93. The second-order valence-corrected chi connectivity index (χ2v) is 8.33. The van der Waals surface area contributed by atoms with Gasteiger partial charge < -0.3 is 26.0 Å². The van der Waals surface area contributed by atoms with Gasteiger partial charge in [0.25, 0.3) is 5.91 Å². The van der Waals surface area contributed by atoms with E-state index in [2.05, 4.69) is 15.5 Å². The van der Waals surface area contributed by atoms with Crippen molar-refractivity contribution in [3.63, 3.8) is 0 Å². The Kier molecular flexibility index (Phi) is 6.91. The Hall–Kier alpha value is -1.98. The molecule has 2 unspecified atom stereocenters. The molecule has 2 atom stereocenters. The van der Waals surface area contributed by atoms with Crippen LogP contribution >= 0.6 is 22.6 Å². The number of rotatable bonds is 6. The molecule has 0 aromatic heterocycles. The summed E-state index contributed by atoms with van der Waals surface area (Å²) in [6.45, 7) is 4.32. The third-order valence-corrected chi connectivity index (χ3v) is 5.47. The summed E-state index contributed by atoms with van der Waals surface area (Å²) in [6.07, 6.45) is -0.347. The first kappa shape index (κ1) is 21.7. The summed E-state index contributed by atoms with van der Waals surface area (Å²) in [6, 6.07) is 6.76. The van der Waals surface area contributed by atoms with E-state index in [1.165, 1.54) is 12.1 Å². The van der Waals surface area contributed by atoms with Crippen LogP contribution in [0, 0.1) is 15.2 Å². The Balaban J connectivity index is 1.92. The SMILES string of the molecule is CC(Oc1cc(F)cc(Nc2ccc(I)cc2F)c1C(N)=O)C1CN(C)CCN1. The number of halogens is 3. The van der Waals surface area contributed by atoms with Crippen LogP contribution in [0.3, 0.4) is 0 Å². The van der Waals surface area contributed by atoms with Crippen molar-refractivity contribution in [1.29, 1.82) is 0 Å². The van der Waals surface area contributed by atoms with Gasteiger partial charge in [0, 0.05) is 29.3 Å². The molecule has 1 fully saturated rings. The Morgan fingerprint density at radius 2 is 2.10 bits per heavy atom. The lowest BCUT2D eigenvalue weighted by atomic mass is 10.1. The van der Waals surface area contributed by atoms with Gasteiger partial charge in [-0.1, -0.05) is 0 Å². The molecule has 0 saturated carbocycles. The molecule has 1 aliphatic rings. The number of likely N-dealkylation sites (N-methyl/N-ethyl adjacent to an activating group) is 1. The van der Waals surface area contributed by atoms with E-state index in [0.717, 1.165) is 31.8 Å². The van der Waals surface area contributed by atoms with Gasteiger partial charge in [-0.2, -0.15) is 0 Å². The number of hydrogen-bond acceptors (Lipinski definition) is 5. The number of carbonyl (C=O) groups is 1. The highest BCUT2D eigenvalue weighted by molar-refractivity contribution is 14.1. The van der Waals surface area contributed by atoms with E-state index in [4.69, 9.17) is 10.5 Å². The Morgan fingerprint density at radius 3 is 2.76 bits per heavy atom. The van der Waals surface area contributed by atoms with Gasteiger partial charge >= 0.3 is 0 Å². The normalized spacial score (nSPS) is 18.3. The van der Waals surface area contributed by atoms with E-state index in [1.807, 2.05) is 36.6 Å². The molecule has 6 nitrogen and oxygen atoms in total. The van der Waals surface area contributed by atoms with E-state index < -0.39 is 17.5 Å². The summed E-state index contributed by atoms with van der Waals surface area (Å²) in [7, 11) is 2.01. The highest BCUT2D eigenvalue weighted by atomic mass is 127. The number of hydrogen-bond donors (Lipinski definition) is 3. The number of primary amides is 1. The summed E-state index contributed by atoms with van der Waals surface area (Å²) in [5.41, 5.74) is 5.68. The molecule has 4 N–H and O–H groups in total. The van der Waals surface area contributed by atoms with Gasteiger partial charge in [-0.05, 0) is 60.8 Å². The highest BCUT2D eigenvalue weighted by Crippen LogP contribution is 2.32. The number of ether oxygens (including phenoxy) is 1. The molecular formula is C20H23F2IN4O2. The standard InChI is InChI=1S/C20H23F2IN4O2/c1-11(17-10-27(2)6-5-25-17)29-18-8-12(21)7-16(19(18)20(24)28)26-15-4-3-13(23)9-14(15)22/h3-4,7-9,11,17,25-26H,5-6,10H2,1-2H3,(H2,24,28). The Bertz CT molecular complexity index is 912. The first-order chi connectivity index (χ1) is 13.7. The van der Waals surface area contributed by atoms with E-state index in [9.17, 15) is 13.6 Å². The first-order valence-electron chi connectivity index (χ1n) is 9.18. The van der Waals surface area contributed by atoms with Crippen molar-refractivity contribution in [2.45, 2.75) is 19.1 Å². The Labute approximate surface area is 181 Å². The maximum absolute atomic E-state index is 14.3. The number of piperazine rings is 1. The second kappa shape index (κ2) is 9.23. The molecular weight excluding hydrogens is 493 g/mol. The molecule has 0 aliphatic carbocycles. The number of nitrogens with zero attached hydrogens (tertiary/aromatic N) is 1. The smallest absolute Gasteiger partial charge is 0.254 e. The minimum atomic E-state index is -0.797. The van der Waals surface area contributed by atoms with Crippen molar-refractivity contribution >= 4 is 39.9 Å². The molecule has 2 aromatic rings. The molecule has 1 heterocycles. The van der Waals surface area contributed by atoms with Crippen molar-refractivity contribution in [2.75, 3.05) is 32.0 Å². The monoisotopic (exact) mass is 516 g/mol. The number of anilines is 2. The zero-order valence-corrected chi connectivity index (χ0v) is 18.3. The van der Waals surface area contributed by atoms with Crippen LogP contribution in [0.2, 0.25) is 0 Å². The van der Waals surface area contributed by atoms with Crippen LogP contribution < -0.4 is 21.1 Å². The third kappa shape index (κ3) is 5.34. The molecule has 3 rings (SSSR count). The van der Waals surface area contributed by atoms with Crippen LogP contribution in [0.25, 0.3) is 0 Å². The van der Waals surface area contributed by atoms with Gasteiger partial charge in [-0.25, -0.2) is 8.78 Å². The summed E-state index contributed by atoms with van der Waals surface area (Å²) >= 11 is 1.99. The van der Waals surface area contributed by atoms with Gasteiger partial charge in [-0.3, -0.25) is 4.79 Å². The third-order valence-electron chi connectivity index (χ3n) is 4.80. The molecule has 1 aliphatic heterocycles. The van der Waals surface area contributed by atoms with Gasteiger partial charge in [0.05, 0.1) is 17.4 Å². The molecule has 0 radical (unpaired) electrons. The molecule has 9 heteroatoms. The maximum atomic E-state index is 14.3. The van der Waals surface area contributed by atoms with Crippen LogP contribution in [0.1, 0.15) is 17.3 Å². The van der Waals surface area contributed by atoms with Crippen molar-refractivity contribution in [1.82, 2.24) is 10.2 Å². The van der Waals surface area contributed by atoms with Gasteiger partial charge in [-0.15, -0.1) is 0 Å². The molecule has 29 heavy (non-hydrogen) atoms. The number of nitrogens with two attached hydrogens (primary N) is 1. The number of carbonyl (C=O) groups excluding carboxylic acids is 1. The van der Waals surface area contributed by atoms with Gasteiger partial charge in [0.15, 0.2) is 0 Å². The zero-order valence-electron chi connectivity index (χ0n) is 16.1. The Morgan fingerprint density at radius 1 is 1.34 bits per heavy atom. The fraction of sp³-hybridized carbons (Fsp3) is 0.350. The first-order valence-corrected chi connectivity index (χ1v) is 10.3. The maximum Gasteiger partial charge on any atom is 0.254 e. The van der Waals surface area contributed by atoms with E-state index >= 15 is 0 Å². The van der Waals surface area contributed by atoms with Crippen LogP contribution in [-0.4, -0.2) is 49.6 Å². The highest BCUT2D eigenvalue weighted by Gasteiger charge is 2.26. The molecule has 1 amide bonds.